The topological polar surface area (TPSA) is 94.9 Å². The van der Waals surface area contributed by atoms with Crippen LogP contribution < -0.4 is 10.0 Å². The number of sulfonamides is 1. The number of nitriles is 1. The molecule has 1 aliphatic heterocycles. The maximum Gasteiger partial charge on any atom is 0.243 e. The lowest BCUT2D eigenvalue weighted by molar-refractivity contribution is 0.539. The molecule has 0 aromatic carbocycles. The second kappa shape index (κ2) is 6.10. The Labute approximate surface area is 112 Å². The molecule has 0 bridgehead atoms. The average Bonchev–Trinajstić information content (AvgIpc) is 2.91. The maximum atomic E-state index is 12.1. The van der Waals surface area contributed by atoms with Gasteiger partial charge in [0.05, 0.1) is 0 Å². The van der Waals surface area contributed by atoms with Gasteiger partial charge in [0.1, 0.15) is 11.0 Å². The molecule has 1 saturated heterocycles. The van der Waals surface area contributed by atoms with Gasteiger partial charge in [0.25, 0.3) is 0 Å². The van der Waals surface area contributed by atoms with Crippen molar-refractivity contribution in [2.24, 2.45) is 0 Å². The standard InChI is InChI=1S/C12H16N4O2S/c13-9-11-12(4-2-7-15-11)19(17,18)16-8-5-10-3-1-6-14-10/h2,4,7,10,14,16H,1,3,5-6,8H2. The third-order valence-corrected chi connectivity index (χ3v) is 4.61. The largest absolute Gasteiger partial charge is 0.314 e. The Morgan fingerprint density at radius 3 is 3.11 bits per heavy atom. The lowest BCUT2D eigenvalue weighted by atomic mass is 10.2. The van der Waals surface area contributed by atoms with Crippen LogP contribution in [-0.4, -0.2) is 32.5 Å². The molecule has 0 radical (unpaired) electrons. The summed E-state index contributed by atoms with van der Waals surface area (Å²) in [6, 6.07) is 5.07. The second-order valence-corrected chi connectivity index (χ2v) is 6.18. The molecular formula is C12H16N4O2S. The van der Waals surface area contributed by atoms with Crippen LogP contribution in [0.3, 0.4) is 0 Å². The normalized spacial score (nSPS) is 19.2. The van der Waals surface area contributed by atoms with Gasteiger partial charge in [-0.1, -0.05) is 0 Å². The molecule has 6 nitrogen and oxygen atoms in total. The quantitative estimate of drug-likeness (QED) is 0.812. The summed E-state index contributed by atoms with van der Waals surface area (Å²) < 4.78 is 26.6. The number of nitrogens with one attached hydrogen (secondary N) is 2. The summed E-state index contributed by atoms with van der Waals surface area (Å²) >= 11 is 0. The first-order chi connectivity index (χ1) is 9.13. The van der Waals surface area contributed by atoms with Gasteiger partial charge in [0.2, 0.25) is 10.0 Å². The van der Waals surface area contributed by atoms with E-state index in [-0.39, 0.29) is 10.6 Å². The van der Waals surface area contributed by atoms with E-state index < -0.39 is 10.0 Å². The first-order valence-corrected chi connectivity index (χ1v) is 7.70. The summed E-state index contributed by atoms with van der Waals surface area (Å²) in [5, 5.41) is 12.2. The van der Waals surface area contributed by atoms with Crippen LogP contribution in [0.15, 0.2) is 23.2 Å². The van der Waals surface area contributed by atoms with E-state index in [2.05, 4.69) is 15.0 Å². The van der Waals surface area contributed by atoms with Crippen molar-refractivity contribution in [2.75, 3.05) is 13.1 Å². The zero-order valence-electron chi connectivity index (χ0n) is 10.5. The lowest BCUT2D eigenvalue weighted by Crippen LogP contribution is -2.31. The van der Waals surface area contributed by atoms with Crippen molar-refractivity contribution in [2.45, 2.75) is 30.2 Å². The number of aromatic nitrogens is 1. The lowest BCUT2D eigenvalue weighted by Gasteiger charge is -2.11. The molecule has 0 amide bonds. The van der Waals surface area contributed by atoms with Crippen LogP contribution in [0.5, 0.6) is 0 Å². The van der Waals surface area contributed by atoms with E-state index in [4.69, 9.17) is 5.26 Å². The van der Waals surface area contributed by atoms with Crippen molar-refractivity contribution in [1.82, 2.24) is 15.0 Å². The molecular weight excluding hydrogens is 264 g/mol. The van der Waals surface area contributed by atoms with Gasteiger partial charge in [-0.05, 0) is 37.9 Å². The van der Waals surface area contributed by atoms with Crippen LogP contribution in [0.25, 0.3) is 0 Å². The predicted molar refractivity (Wildman–Crippen MR) is 69.8 cm³/mol. The highest BCUT2D eigenvalue weighted by Gasteiger charge is 2.20. The number of hydrogen-bond donors (Lipinski definition) is 2. The van der Waals surface area contributed by atoms with E-state index in [1.807, 2.05) is 0 Å². The summed E-state index contributed by atoms with van der Waals surface area (Å²) in [5.41, 5.74) is -0.0750. The van der Waals surface area contributed by atoms with Crippen molar-refractivity contribution >= 4 is 10.0 Å². The smallest absolute Gasteiger partial charge is 0.243 e. The Morgan fingerprint density at radius 1 is 1.58 bits per heavy atom. The minimum Gasteiger partial charge on any atom is -0.314 e. The van der Waals surface area contributed by atoms with E-state index in [9.17, 15) is 8.42 Å². The molecule has 2 rings (SSSR count). The Kier molecular flexibility index (Phi) is 4.47. The second-order valence-electron chi connectivity index (χ2n) is 4.44. The van der Waals surface area contributed by atoms with Gasteiger partial charge in [0.15, 0.2) is 5.69 Å². The molecule has 1 atom stereocenters. The number of pyridine rings is 1. The van der Waals surface area contributed by atoms with Gasteiger partial charge in [-0.3, -0.25) is 0 Å². The van der Waals surface area contributed by atoms with E-state index in [1.54, 1.807) is 6.07 Å². The van der Waals surface area contributed by atoms with Crippen LogP contribution in [0.4, 0.5) is 0 Å². The number of nitrogens with zero attached hydrogens (tertiary/aromatic N) is 2. The molecule has 1 aromatic rings. The molecule has 0 spiro atoms. The highest BCUT2D eigenvalue weighted by atomic mass is 32.2. The van der Waals surface area contributed by atoms with Crippen molar-refractivity contribution in [1.29, 1.82) is 5.26 Å². The minimum absolute atomic E-state index is 0.0584. The van der Waals surface area contributed by atoms with E-state index in [0.717, 1.165) is 25.8 Å². The Bertz CT molecular complexity index is 574. The molecule has 2 N–H and O–H groups in total. The Morgan fingerprint density at radius 2 is 2.42 bits per heavy atom. The molecule has 1 aliphatic rings. The van der Waals surface area contributed by atoms with Crippen LogP contribution in [-0.2, 0) is 10.0 Å². The van der Waals surface area contributed by atoms with E-state index in [1.165, 1.54) is 18.3 Å². The molecule has 0 saturated carbocycles. The molecule has 0 aliphatic carbocycles. The average molecular weight is 280 g/mol. The van der Waals surface area contributed by atoms with Crippen LogP contribution in [0.1, 0.15) is 25.0 Å². The Balaban J connectivity index is 1.99. The zero-order valence-corrected chi connectivity index (χ0v) is 11.3. The van der Waals surface area contributed by atoms with E-state index in [0.29, 0.717) is 12.6 Å². The highest BCUT2D eigenvalue weighted by Crippen LogP contribution is 2.12. The minimum atomic E-state index is -3.66. The van der Waals surface area contributed by atoms with Gasteiger partial charge >= 0.3 is 0 Å². The van der Waals surface area contributed by atoms with Crippen LogP contribution in [0.2, 0.25) is 0 Å². The van der Waals surface area contributed by atoms with Gasteiger partial charge in [-0.25, -0.2) is 18.1 Å². The zero-order chi connectivity index (χ0) is 13.7. The fraction of sp³-hybridized carbons (Fsp3) is 0.500. The summed E-state index contributed by atoms with van der Waals surface area (Å²) in [6.45, 7) is 1.36. The fourth-order valence-electron chi connectivity index (χ4n) is 2.14. The maximum absolute atomic E-state index is 12.1. The SMILES string of the molecule is N#Cc1ncccc1S(=O)(=O)NCCC1CCCN1. The molecule has 2 heterocycles. The molecule has 1 unspecified atom stereocenters. The molecule has 1 aromatic heterocycles. The first kappa shape index (κ1) is 13.9. The number of rotatable bonds is 5. The summed E-state index contributed by atoms with van der Waals surface area (Å²) in [7, 11) is -3.66. The van der Waals surface area contributed by atoms with Gasteiger partial charge in [-0.15, -0.1) is 0 Å². The first-order valence-electron chi connectivity index (χ1n) is 6.21. The van der Waals surface area contributed by atoms with Gasteiger partial charge in [0, 0.05) is 18.8 Å². The predicted octanol–water partition coefficient (Wildman–Crippen LogP) is 0.374. The van der Waals surface area contributed by atoms with Crippen molar-refractivity contribution < 1.29 is 8.42 Å². The molecule has 7 heteroatoms. The molecule has 102 valence electrons. The molecule has 1 fully saturated rings. The summed E-state index contributed by atoms with van der Waals surface area (Å²) in [6.07, 6.45) is 4.37. The Hall–Kier alpha value is -1.49. The van der Waals surface area contributed by atoms with Crippen molar-refractivity contribution in [3.8, 4) is 6.07 Å². The summed E-state index contributed by atoms with van der Waals surface area (Å²) in [5.74, 6) is 0. The number of hydrogen-bond acceptors (Lipinski definition) is 5. The monoisotopic (exact) mass is 280 g/mol. The van der Waals surface area contributed by atoms with Crippen LogP contribution >= 0.6 is 0 Å². The van der Waals surface area contributed by atoms with Crippen LogP contribution in [0, 0.1) is 11.3 Å². The van der Waals surface area contributed by atoms with Gasteiger partial charge < -0.3 is 5.32 Å². The van der Waals surface area contributed by atoms with Crippen molar-refractivity contribution in [3.63, 3.8) is 0 Å². The third kappa shape index (κ3) is 3.50. The van der Waals surface area contributed by atoms with Gasteiger partial charge in [-0.2, -0.15) is 5.26 Å². The fourth-order valence-corrected chi connectivity index (χ4v) is 3.29. The van der Waals surface area contributed by atoms with E-state index >= 15 is 0 Å². The third-order valence-electron chi connectivity index (χ3n) is 3.11. The molecule has 19 heavy (non-hydrogen) atoms. The summed E-state index contributed by atoms with van der Waals surface area (Å²) in [4.78, 5) is 3.70. The van der Waals surface area contributed by atoms with Crippen molar-refractivity contribution in [3.05, 3.63) is 24.0 Å². The highest BCUT2D eigenvalue weighted by molar-refractivity contribution is 7.89.